The van der Waals surface area contributed by atoms with Gasteiger partial charge in [0.15, 0.2) is 17.5 Å². The number of carbonyl (C=O) groups excluding carboxylic acids is 1. The van der Waals surface area contributed by atoms with Gasteiger partial charge in [0.2, 0.25) is 0 Å². The lowest BCUT2D eigenvalue weighted by Crippen LogP contribution is -2.10. The molecule has 0 radical (unpaired) electrons. The molecule has 0 aliphatic rings. The lowest BCUT2D eigenvalue weighted by atomic mass is 10.1. The highest BCUT2D eigenvalue weighted by molar-refractivity contribution is 9.09. The zero-order valence-electron chi connectivity index (χ0n) is 11.0. The number of halogens is 6. The summed E-state index contributed by atoms with van der Waals surface area (Å²) in [6.07, 6.45) is 0. The standard InChI is InChI=1S/C12H9BrF5NO3S/c13-6-10(20)7-3-8(19-11(21)1-2-12(19)22)5-9(4-7)23(14,15,16,17)18/h1-5,21-22H,6H2. The highest BCUT2D eigenvalue weighted by atomic mass is 79.9. The summed E-state index contributed by atoms with van der Waals surface area (Å²) in [4.78, 5) is 9.32. The predicted molar refractivity (Wildman–Crippen MR) is 78.6 cm³/mol. The van der Waals surface area contributed by atoms with E-state index in [1.807, 2.05) is 0 Å². The number of aromatic nitrogens is 1. The van der Waals surface area contributed by atoms with E-state index in [1.54, 1.807) is 0 Å². The first-order valence-electron chi connectivity index (χ1n) is 5.81. The molecular weight excluding hydrogens is 413 g/mol. The molecule has 2 aromatic rings. The molecule has 0 aliphatic heterocycles. The summed E-state index contributed by atoms with van der Waals surface area (Å²) in [5.74, 6) is -2.24. The quantitative estimate of drug-likeness (QED) is 0.409. The number of benzene rings is 1. The molecule has 0 fully saturated rings. The van der Waals surface area contributed by atoms with E-state index in [-0.39, 0.29) is 17.5 Å². The highest BCUT2D eigenvalue weighted by Crippen LogP contribution is 3.02. The van der Waals surface area contributed by atoms with Crippen LogP contribution in [0.25, 0.3) is 5.69 Å². The molecule has 2 N–H and O–H groups in total. The first kappa shape index (κ1) is 17.6. The smallest absolute Gasteiger partial charge is 0.310 e. The van der Waals surface area contributed by atoms with E-state index in [2.05, 4.69) is 15.9 Å². The first-order chi connectivity index (χ1) is 10.2. The number of Topliss-reactive ketones (excluding diaryl/α,β-unsaturated/α-hetero) is 1. The fourth-order valence-electron chi connectivity index (χ4n) is 1.85. The average molecular weight is 422 g/mol. The molecule has 128 valence electrons. The second kappa shape index (κ2) is 4.63. The van der Waals surface area contributed by atoms with Crippen LogP contribution in [0.1, 0.15) is 10.4 Å². The Kier molecular flexibility index (Phi) is 3.54. The van der Waals surface area contributed by atoms with Crippen LogP contribution < -0.4 is 0 Å². The Morgan fingerprint density at radius 3 is 2.00 bits per heavy atom. The van der Waals surface area contributed by atoms with Crippen molar-refractivity contribution in [3.8, 4) is 17.4 Å². The van der Waals surface area contributed by atoms with Gasteiger partial charge in [0.1, 0.15) is 4.90 Å². The maximum absolute atomic E-state index is 13.1. The minimum atomic E-state index is -10.1. The van der Waals surface area contributed by atoms with Crippen LogP contribution in [0, 0.1) is 0 Å². The number of rotatable bonds is 4. The number of carbonyl (C=O) groups is 1. The van der Waals surface area contributed by atoms with Gasteiger partial charge in [0.25, 0.3) is 0 Å². The molecule has 0 bridgehead atoms. The van der Waals surface area contributed by atoms with Crippen LogP contribution >= 0.6 is 26.2 Å². The van der Waals surface area contributed by atoms with Gasteiger partial charge in [-0.2, -0.15) is 0 Å². The topological polar surface area (TPSA) is 62.5 Å². The monoisotopic (exact) mass is 421 g/mol. The maximum Gasteiger partial charge on any atom is 0.310 e. The van der Waals surface area contributed by atoms with E-state index >= 15 is 0 Å². The second-order valence-corrected chi connectivity index (χ2v) is 7.60. The Bertz CT molecular complexity index is 784. The lowest BCUT2D eigenvalue weighted by Gasteiger charge is -2.40. The van der Waals surface area contributed by atoms with Gasteiger partial charge >= 0.3 is 10.2 Å². The summed E-state index contributed by atoms with van der Waals surface area (Å²) < 4.78 is 65.8. The second-order valence-electron chi connectivity index (χ2n) is 4.63. The van der Waals surface area contributed by atoms with Gasteiger partial charge < -0.3 is 10.2 Å². The third-order valence-electron chi connectivity index (χ3n) is 2.88. The maximum atomic E-state index is 13.1. The molecule has 2 rings (SSSR count). The molecule has 23 heavy (non-hydrogen) atoms. The minimum Gasteiger partial charge on any atom is -0.494 e. The molecule has 0 aliphatic carbocycles. The lowest BCUT2D eigenvalue weighted by molar-refractivity contribution is 0.102. The average Bonchev–Trinajstić information content (AvgIpc) is 2.74. The van der Waals surface area contributed by atoms with Gasteiger partial charge in [0, 0.05) is 17.7 Å². The zero-order valence-corrected chi connectivity index (χ0v) is 13.4. The predicted octanol–water partition coefficient (Wildman–Crippen LogP) is 5.12. The van der Waals surface area contributed by atoms with Crippen molar-refractivity contribution in [2.45, 2.75) is 4.90 Å². The van der Waals surface area contributed by atoms with Crippen molar-refractivity contribution in [1.29, 1.82) is 0 Å². The summed E-state index contributed by atoms with van der Waals surface area (Å²) in [5.41, 5.74) is -1.27. The van der Waals surface area contributed by atoms with E-state index in [4.69, 9.17) is 0 Å². The molecule has 0 spiro atoms. The summed E-state index contributed by atoms with van der Waals surface area (Å²) in [7, 11) is -10.1. The Hall–Kier alpha value is -1.75. The number of nitrogens with zero attached hydrogens (tertiary/aromatic N) is 1. The third kappa shape index (κ3) is 3.61. The Labute approximate surface area is 135 Å². The van der Waals surface area contributed by atoms with Crippen LogP contribution in [0.2, 0.25) is 0 Å². The molecule has 11 heteroatoms. The van der Waals surface area contributed by atoms with Crippen LogP contribution in [-0.2, 0) is 0 Å². The van der Waals surface area contributed by atoms with E-state index in [9.17, 15) is 34.4 Å². The molecule has 0 saturated heterocycles. The van der Waals surface area contributed by atoms with Gasteiger partial charge in [0.05, 0.1) is 11.0 Å². The molecule has 1 heterocycles. The van der Waals surface area contributed by atoms with Crippen LogP contribution in [-0.4, -0.2) is 25.9 Å². The Balaban J connectivity index is 2.83. The third-order valence-corrected chi connectivity index (χ3v) is 4.51. The van der Waals surface area contributed by atoms with E-state index in [0.29, 0.717) is 4.57 Å². The van der Waals surface area contributed by atoms with Crippen molar-refractivity contribution in [2.75, 3.05) is 5.33 Å². The summed E-state index contributed by atoms with van der Waals surface area (Å²) in [5, 5.41) is 18.7. The van der Waals surface area contributed by atoms with Crippen LogP contribution in [0.5, 0.6) is 11.8 Å². The van der Waals surface area contributed by atoms with Gasteiger partial charge in [-0.15, -0.1) is 0 Å². The van der Waals surface area contributed by atoms with Crippen molar-refractivity contribution in [2.24, 2.45) is 0 Å². The normalized spacial score (nSPS) is 15.0. The number of ketones is 1. The number of alkyl halides is 1. The largest absolute Gasteiger partial charge is 0.494 e. The van der Waals surface area contributed by atoms with Gasteiger partial charge in [-0.3, -0.25) is 9.36 Å². The van der Waals surface area contributed by atoms with Gasteiger partial charge in [-0.25, -0.2) is 0 Å². The molecule has 0 amide bonds. The molecule has 1 aromatic heterocycles. The molecule has 0 unspecified atom stereocenters. The number of aromatic hydroxyl groups is 2. The fourth-order valence-corrected chi connectivity index (χ4v) is 2.87. The molecule has 0 atom stereocenters. The molecule has 1 aromatic carbocycles. The van der Waals surface area contributed by atoms with E-state index < -0.39 is 43.9 Å². The molecule has 0 saturated carbocycles. The van der Waals surface area contributed by atoms with Gasteiger partial charge in [-0.1, -0.05) is 35.4 Å². The van der Waals surface area contributed by atoms with Gasteiger partial charge in [-0.05, 0) is 18.2 Å². The van der Waals surface area contributed by atoms with Crippen molar-refractivity contribution in [3.05, 3.63) is 35.9 Å². The fraction of sp³-hybridized carbons (Fsp3) is 0.0833. The zero-order chi connectivity index (χ0) is 17.7. The van der Waals surface area contributed by atoms with Crippen LogP contribution in [0.4, 0.5) is 19.4 Å². The number of hydrogen-bond donors (Lipinski definition) is 2. The summed E-state index contributed by atoms with van der Waals surface area (Å²) in [6, 6.07) is 2.87. The van der Waals surface area contributed by atoms with Crippen molar-refractivity contribution in [1.82, 2.24) is 4.57 Å². The van der Waals surface area contributed by atoms with Crippen molar-refractivity contribution >= 4 is 31.9 Å². The Morgan fingerprint density at radius 2 is 1.57 bits per heavy atom. The molecule has 4 nitrogen and oxygen atoms in total. The van der Waals surface area contributed by atoms with Crippen LogP contribution in [0.3, 0.4) is 0 Å². The Morgan fingerprint density at radius 1 is 1.04 bits per heavy atom. The van der Waals surface area contributed by atoms with E-state index in [1.165, 1.54) is 0 Å². The van der Waals surface area contributed by atoms with Crippen LogP contribution in [0.15, 0.2) is 35.2 Å². The van der Waals surface area contributed by atoms with E-state index in [0.717, 1.165) is 18.2 Å². The SMILES string of the molecule is O=C(CBr)c1cc(-n2c(O)ccc2O)cc(S(F)(F)(F)(F)F)c1. The summed E-state index contributed by atoms with van der Waals surface area (Å²) >= 11 is 2.74. The van der Waals surface area contributed by atoms with Crippen molar-refractivity contribution < 1.29 is 34.4 Å². The molecular formula is C12H9BrF5NO3S. The number of hydrogen-bond acceptors (Lipinski definition) is 3. The highest BCUT2D eigenvalue weighted by Gasteiger charge is 2.65. The first-order valence-corrected chi connectivity index (χ1v) is 8.88. The summed E-state index contributed by atoms with van der Waals surface area (Å²) in [6.45, 7) is 0. The minimum absolute atomic E-state index is 0.0479. The van der Waals surface area contributed by atoms with Crippen molar-refractivity contribution in [3.63, 3.8) is 0 Å².